The summed E-state index contributed by atoms with van der Waals surface area (Å²) >= 11 is 1.89. The molecule has 0 aromatic heterocycles. The van der Waals surface area contributed by atoms with Crippen molar-refractivity contribution >= 4 is 29.6 Å². The van der Waals surface area contributed by atoms with Gasteiger partial charge in [-0.3, -0.25) is 19.3 Å². The average molecular weight is 523 g/mol. The number of hydrogen-bond acceptors (Lipinski definition) is 8. The molecule has 6 unspecified atom stereocenters. The molecule has 6 atom stereocenters. The smallest absolute Gasteiger partial charge is 0.320 e. The average Bonchev–Trinajstić information content (AvgIpc) is 3.56. The lowest BCUT2D eigenvalue weighted by molar-refractivity contribution is -0.176. The summed E-state index contributed by atoms with van der Waals surface area (Å²) < 4.78 is 18.7. The molecule has 0 aromatic carbocycles. The zero-order chi connectivity index (χ0) is 25.8. The third-order valence-electron chi connectivity index (χ3n) is 9.39. The van der Waals surface area contributed by atoms with Gasteiger partial charge in [0.15, 0.2) is 0 Å². The van der Waals surface area contributed by atoms with Gasteiger partial charge in [0.2, 0.25) is 5.91 Å². The summed E-state index contributed by atoms with van der Waals surface area (Å²) in [5, 5.41) is 0. The SMILES string of the molecule is CCC1(OC(=O)C2C(OC(=O)CN3CCSCC3)C3OC2C2C(=O)N(C(C)C)C(C)(C)C32)CCCC1. The Morgan fingerprint density at radius 2 is 1.81 bits per heavy atom. The Balaban J connectivity index is 1.41. The highest BCUT2D eigenvalue weighted by atomic mass is 32.2. The maximum absolute atomic E-state index is 13.8. The predicted molar refractivity (Wildman–Crippen MR) is 136 cm³/mol. The van der Waals surface area contributed by atoms with Crippen LogP contribution in [0.15, 0.2) is 0 Å². The predicted octanol–water partition coefficient (Wildman–Crippen LogP) is 2.87. The van der Waals surface area contributed by atoms with E-state index in [1.54, 1.807) is 0 Å². The lowest BCUT2D eigenvalue weighted by atomic mass is 9.68. The molecule has 1 saturated carbocycles. The number of rotatable bonds is 7. The number of carbonyl (C=O) groups excluding carboxylic acids is 3. The molecule has 4 saturated heterocycles. The van der Waals surface area contributed by atoms with Crippen LogP contribution in [-0.4, -0.2) is 94.3 Å². The molecule has 1 aliphatic carbocycles. The molecule has 0 spiro atoms. The minimum Gasteiger partial charge on any atom is -0.459 e. The van der Waals surface area contributed by atoms with E-state index in [2.05, 4.69) is 25.7 Å². The van der Waals surface area contributed by atoms with Crippen LogP contribution in [0.3, 0.4) is 0 Å². The first-order valence-electron chi connectivity index (χ1n) is 13.8. The first-order chi connectivity index (χ1) is 17.1. The van der Waals surface area contributed by atoms with E-state index in [1.807, 2.05) is 30.5 Å². The normalized spacial score (nSPS) is 36.9. The molecular formula is C27H42N2O6S. The number of esters is 2. The van der Waals surface area contributed by atoms with Gasteiger partial charge in [-0.1, -0.05) is 6.92 Å². The Hall–Kier alpha value is -1.32. The van der Waals surface area contributed by atoms with Crippen molar-refractivity contribution in [3.05, 3.63) is 0 Å². The number of amides is 1. The summed E-state index contributed by atoms with van der Waals surface area (Å²) in [6, 6.07) is 0.0303. The van der Waals surface area contributed by atoms with Gasteiger partial charge in [-0.05, 0) is 59.8 Å². The molecule has 2 bridgehead atoms. The van der Waals surface area contributed by atoms with Crippen molar-refractivity contribution < 1.29 is 28.6 Å². The van der Waals surface area contributed by atoms with Gasteiger partial charge in [-0.15, -0.1) is 0 Å². The third-order valence-corrected chi connectivity index (χ3v) is 10.3. The van der Waals surface area contributed by atoms with Crippen LogP contribution >= 0.6 is 11.8 Å². The Labute approximate surface area is 219 Å². The molecule has 0 radical (unpaired) electrons. The first-order valence-corrected chi connectivity index (χ1v) is 15.0. The van der Waals surface area contributed by atoms with Gasteiger partial charge < -0.3 is 19.1 Å². The monoisotopic (exact) mass is 522 g/mol. The molecule has 36 heavy (non-hydrogen) atoms. The quantitative estimate of drug-likeness (QED) is 0.472. The number of ether oxygens (including phenoxy) is 3. The van der Waals surface area contributed by atoms with Crippen molar-refractivity contribution in [2.24, 2.45) is 17.8 Å². The highest BCUT2D eigenvalue weighted by Crippen LogP contribution is 2.58. The molecule has 4 heterocycles. The van der Waals surface area contributed by atoms with Gasteiger partial charge in [-0.25, -0.2) is 0 Å². The Morgan fingerprint density at radius 3 is 2.42 bits per heavy atom. The van der Waals surface area contributed by atoms with Crippen molar-refractivity contribution in [3.8, 4) is 0 Å². The number of fused-ring (bicyclic) bond motifs is 5. The fourth-order valence-corrected chi connectivity index (χ4v) is 8.75. The molecule has 5 rings (SSSR count). The zero-order valence-electron chi connectivity index (χ0n) is 22.4. The van der Waals surface area contributed by atoms with E-state index in [-0.39, 0.29) is 36.4 Å². The molecule has 9 heteroatoms. The lowest BCUT2D eigenvalue weighted by Gasteiger charge is -2.41. The number of thioether (sulfide) groups is 1. The summed E-state index contributed by atoms with van der Waals surface area (Å²) in [7, 11) is 0. The van der Waals surface area contributed by atoms with E-state index in [0.29, 0.717) is 0 Å². The standard InChI is InChI=1S/C27H42N2O6S/c1-6-27(9-7-8-10-27)35-25(32)19-21-18-20(26(4,5)29(16(2)3)24(18)31)23(34-21)22(19)33-17(30)15-28-11-13-36-14-12-28/h16,18-23H,6-15H2,1-5H3. The van der Waals surface area contributed by atoms with E-state index in [0.717, 1.165) is 56.7 Å². The van der Waals surface area contributed by atoms with E-state index in [1.165, 1.54) is 0 Å². The molecule has 4 aliphatic heterocycles. The summed E-state index contributed by atoms with van der Waals surface area (Å²) in [6.45, 7) is 12.2. The number of carbonyl (C=O) groups is 3. The third kappa shape index (κ3) is 4.27. The van der Waals surface area contributed by atoms with E-state index in [9.17, 15) is 14.4 Å². The topological polar surface area (TPSA) is 85.4 Å². The molecule has 0 N–H and O–H groups in total. The summed E-state index contributed by atoms with van der Waals surface area (Å²) in [4.78, 5) is 44.6. The summed E-state index contributed by atoms with van der Waals surface area (Å²) in [6.07, 6.45) is 2.70. The van der Waals surface area contributed by atoms with Crippen molar-refractivity contribution in [2.75, 3.05) is 31.1 Å². The Morgan fingerprint density at radius 1 is 1.14 bits per heavy atom. The van der Waals surface area contributed by atoms with Crippen LogP contribution in [0, 0.1) is 17.8 Å². The van der Waals surface area contributed by atoms with Gasteiger partial charge in [-0.2, -0.15) is 11.8 Å². The first kappa shape index (κ1) is 26.3. The van der Waals surface area contributed by atoms with Crippen LogP contribution in [-0.2, 0) is 28.6 Å². The van der Waals surface area contributed by atoms with Crippen LogP contribution in [0.1, 0.15) is 66.7 Å². The molecule has 1 amide bonds. The van der Waals surface area contributed by atoms with Crippen molar-refractivity contribution in [3.63, 3.8) is 0 Å². The highest BCUT2D eigenvalue weighted by Gasteiger charge is 2.73. The zero-order valence-corrected chi connectivity index (χ0v) is 23.2. The van der Waals surface area contributed by atoms with Crippen LogP contribution in [0.25, 0.3) is 0 Å². The molecule has 5 fully saturated rings. The fraction of sp³-hybridized carbons (Fsp3) is 0.889. The Bertz CT molecular complexity index is 881. The van der Waals surface area contributed by atoms with Crippen molar-refractivity contribution in [1.29, 1.82) is 0 Å². The van der Waals surface area contributed by atoms with Crippen molar-refractivity contribution in [1.82, 2.24) is 9.80 Å². The second-order valence-corrected chi connectivity index (χ2v) is 13.3. The second kappa shape index (κ2) is 9.77. The Kier molecular flexibility index (Phi) is 7.13. The van der Waals surface area contributed by atoms with Gasteiger partial charge >= 0.3 is 11.9 Å². The molecular weight excluding hydrogens is 480 g/mol. The van der Waals surface area contributed by atoms with Gasteiger partial charge in [0.1, 0.15) is 23.7 Å². The van der Waals surface area contributed by atoms with Gasteiger partial charge in [0.25, 0.3) is 0 Å². The van der Waals surface area contributed by atoms with Crippen LogP contribution in [0.5, 0.6) is 0 Å². The van der Waals surface area contributed by atoms with Gasteiger partial charge in [0.05, 0.1) is 18.6 Å². The maximum atomic E-state index is 13.8. The van der Waals surface area contributed by atoms with Crippen molar-refractivity contribution in [2.45, 2.75) is 102 Å². The van der Waals surface area contributed by atoms with E-state index in [4.69, 9.17) is 14.2 Å². The highest BCUT2D eigenvalue weighted by molar-refractivity contribution is 7.99. The lowest BCUT2D eigenvalue weighted by Crippen LogP contribution is -2.55. The molecule has 8 nitrogen and oxygen atoms in total. The number of nitrogens with zero attached hydrogens (tertiary/aromatic N) is 2. The second-order valence-electron chi connectivity index (χ2n) is 12.1. The largest absolute Gasteiger partial charge is 0.459 e. The van der Waals surface area contributed by atoms with E-state index < -0.39 is 41.3 Å². The molecule has 202 valence electrons. The minimum absolute atomic E-state index is 0.0303. The van der Waals surface area contributed by atoms with Gasteiger partial charge in [0, 0.05) is 42.1 Å². The number of hydrogen-bond donors (Lipinski definition) is 0. The van der Waals surface area contributed by atoms with Crippen LogP contribution in [0.2, 0.25) is 0 Å². The van der Waals surface area contributed by atoms with E-state index >= 15 is 0 Å². The molecule has 0 aromatic rings. The molecule has 5 aliphatic rings. The van der Waals surface area contributed by atoms with Crippen LogP contribution in [0.4, 0.5) is 0 Å². The van der Waals surface area contributed by atoms with Crippen LogP contribution < -0.4 is 0 Å². The minimum atomic E-state index is -0.770. The maximum Gasteiger partial charge on any atom is 0.320 e. The number of likely N-dealkylation sites (tertiary alicyclic amines) is 1. The summed E-state index contributed by atoms with van der Waals surface area (Å²) in [5.41, 5.74) is -0.920. The summed E-state index contributed by atoms with van der Waals surface area (Å²) in [5.74, 6) is 0.0158. The fourth-order valence-electron chi connectivity index (χ4n) is 7.77.